The number of alkyl halides is 3. The van der Waals surface area contributed by atoms with E-state index in [0.717, 1.165) is 78.3 Å². The minimum absolute atomic E-state index is 0.642. The van der Waals surface area contributed by atoms with Crippen LogP contribution in [0, 0.1) is 0 Å². The molecule has 0 fully saturated rings. The summed E-state index contributed by atoms with van der Waals surface area (Å²) in [4.78, 5) is 4.60. The van der Waals surface area contributed by atoms with Gasteiger partial charge in [-0.2, -0.15) is 13.2 Å². The van der Waals surface area contributed by atoms with Crippen molar-refractivity contribution < 1.29 is 13.2 Å². The van der Waals surface area contributed by atoms with Crippen molar-refractivity contribution >= 4 is 21.7 Å². The van der Waals surface area contributed by atoms with Gasteiger partial charge in [-0.3, -0.25) is 4.98 Å². The van der Waals surface area contributed by atoms with Crippen LogP contribution in [0.5, 0.6) is 0 Å². The Morgan fingerprint density at radius 3 is 1.36 bits per heavy atom. The Hall–Kier alpha value is -5.22. The van der Waals surface area contributed by atoms with Crippen LogP contribution in [0.2, 0.25) is 0 Å². The molecule has 0 atom stereocenters. The standard InChI is InChI=1S/C38H24F3N/c39-38(40,41)36-19-17-26(18-20-36)25-5-7-27(8-6-25)31-15-13-29-14-16-32(22-34(29)21-31)28-9-11-30(12-10-28)35-23-33-3-1-2-4-37(33)42-24-35/h1-24H. The fourth-order valence-electron chi connectivity index (χ4n) is 5.40. The van der Waals surface area contributed by atoms with Gasteiger partial charge in [0.15, 0.2) is 0 Å². The number of fused-ring (bicyclic) bond motifs is 2. The Kier molecular flexibility index (Phi) is 6.32. The number of pyridine rings is 1. The molecule has 202 valence electrons. The number of aromatic nitrogens is 1. The summed E-state index contributed by atoms with van der Waals surface area (Å²) in [5.41, 5.74) is 8.59. The SMILES string of the molecule is FC(F)(F)c1ccc(-c2ccc(-c3ccc4ccc(-c5ccc(-c6cnc7ccccc7c6)cc5)cc4c3)cc2)cc1. The van der Waals surface area contributed by atoms with Crippen LogP contribution in [0.1, 0.15) is 5.56 Å². The molecule has 0 aliphatic rings. The predicted molar refractivity (Wildman–Crippen MR) is 166 cm³/mol. The zero-order chi connectivity index (χ0) is 28.7. The van der Waals surface area contributed by atoms with Crippen molar-refractivity contribution in [3.05, 3.63) is 151 Å². The number of para-hydroxylation sites is 1. The van der Waals surface area contributed by atoms with Crippen molar-refractivity contribution in [1.82, 2.24) is 4.98 Å². The zero-order valence-corrected chi connectivity index (χ0v) is 22.4. The molecule has 0 aliphatic carbocycles. The molecule has 0 aliphatic heterocycles. The molecular formula is C38H24F3N. The number of hydrogen-bond acceptors (Lipinski definition) is 1. The summed E-state index contributed by atoms with van der Waals surface area (Å²) in [5.74, 6) is 0. The summed E-state index contributed by atoms with van der Waals surface area (Å²) < 4.78 is 38.7. The molecule has 0 saturated carbocycles. The highest BCUT2D eigenvalue weighted by Crippen LogP contribution is 2.33. The minimum Gasteiger partial charge on any atom is -0.256 e. The zero-order valence-electron chi connectivity index (χ0n) is 22.4. The van der Waals surface area contributed by atoms with Crippen LogP contribution >= 0.6 is 0 Å². The van der Waals surface area contributed by atoms with E-state index >= 15 is 0 Å². The van der Waals surface area contributed by atoms with E-state index in [0.29, 0.717) is 0 Å². The Morgan fingerprint density at radius 2 is 0.810 bits per heavy atom. The molecule has 0 unspecified atom stereocenters. The second-order valence-corrected chi connectivity index (χ2v) is 10.4. The van der Waals surface area contributed by atoms with Gasteiger partial charge in [0.2, 0.25) is 0 Å². The second kappa shape index (κ2) is 10.3. The molecule has 0 amide bonds. The second-order valence-electron chi connectivity index (χ2n) is 10.4. The number of nitrogens with zero attached hydrogens (tertiary/aromatic N) is 1. The van der Waals surface area contributed by atoms with E-state index in [-0.39, 0.29) is 0 Å². The molecule has 6 aromatic carbocycles. The Bertz CT molecular complexity index is 2040. The summed E-state index contributed by atoms with van der Waals surface area (Å²) in [6.45, 7) is 0. The third-order valence-electron chi connectivity index (χ3n) is 7.75. The molecule has 0 bridgehead atoms. The monoisotopic (exact) mass is 551 g/mol. The van der Waals surface area contributed by atoms with Gasteiger partial charge in [-0.25, -0.2) is 0 Å². The molecule has 1 heterocycles. The highest BCUT2D eigenvalue weighted by Gasteiger charge is 2.29. The lowest BCUT2D eigenvalue weighted by molar-refractivity contribution is -0.137. The third-order valence-corrected chi connectivity index (χ3v) is 7.75. The van der Waals surface area contributed by atoms with Gasteiger partial charge in [0.25, 0.3) is 0 Å². The van der Waals surface area contributed by atoms with Gasteiger partial charge in [0, 0.05) is 17.1 Å². The fraction of sp³-hybridized carbons (Fsp3) is 0.0263. The van der Waals surface area contributed by atoms with Crippen LogP contribution in [0.4, 0.5) is 13.2 Å². The van der Waals surface area contributed by atoms with Gasteiger partial charge in [-0.1, -0.05) is 103 Å². The fourth-order valence-corrected chi connectivity index (χ4v) is 5.40. The highest BCUT2D eigenvalue weighted by molar-refractivity contribution is 5.91. The Morgan fingerprint density at radius 1 is 0.381 bits per heavy atom. The van der Waals surface area contributed by atoms with Crippen LogP contribution < -0.4 is 0 Å². The largest absolute Gasteiger partial charge is 0.416 e. The van der Waals surface area contributed by atoms with E-state index in [1.807, 2.05) is 48.7 Å². The quantitative estimate of drug-likeness (QED) is 0.212. The summed E-state index contributed by atoms with van der Waals surface area (Å²) >= 11 is 0. The Balaban J connectivity index is 1.14. The number of halogens is 3. The average molecular weight is 552 g/mol. The number of hydrogen-bond donors (Lipinski definition) is 0. The molecule has 7 aromatic rings. The van der Waals surface area contributed by atoms with Crippen molar-refractivity contribution in [2.45, 2.75) is 6.18 Å². The first-order valence-electron chi connectivity index (χ1n) is 13.7. The molecule has 0 saturated heterocycles. The Labute approximate surface area is 241 Å². The molecule has 0 radical (unpaired) electrons. The smallest absolute Gasteiger partial charge is 0.256 e. The summed E-state index contributed by atoms with van der Waals surface area (Å²) in [7, 11) is 0. The summed E-state index contributed by atoms with van der Waals surface area (Å²) in [6.07, 6.45) is -2.41. The molecular weight excluding hydrogens is 527 g/mol. The maximum Gasteiger partial charge on any atom is 0.416 e. The van der Waals surface area contributed by atoms with Crippen LogP contribution in [0.25, 0.3) is 66.2 Å². The molecule has 1 nitrogen and oxygen atoms in total. The first kappa shape index (κ1) is 25.7. The lowest BCUT2D eigenvalue weighted by atomic mass is 9.95. The molecule has 4 heteroatoms. The number of rotatable bonds is 4. The van der Waals surface area contributed by atoms with E-state index < -0.39 is 11.7 Å². The van der Waals surface area contributed by atoms with Gasteiger partial charge in [0.1, 0.15) is 0 Å². The number of benzene rings is 6. The third kappa shape index (κ3) is 5.04. The molecule has 0 spiro atoms. The van der Waals surface area contributed by atoms with E-state index in [9.17, 15) is 13.2 Å². The van der Waals surface area contributed by atoms with Crippen LogP contribution in [-0.2, 0) is 6.18 Å². The lowest BCUT2D eigenvalue weighted by Gasteiger charge is -2.10. The summed E-state index contributed by atoms with van der Waals surface area (Å²) in [5, 5.41) is 3.42. The van der Waals surface area contributed by atoms with E-state index in [1.165, 1.54) is 12.1 Å². The normalized spacial score (nSPS) is 11.7. The van der Waals surface area contributed by atoms with Gasteiger partial charge < -0.3 is 0 Å². The molecule has 42 heavy (non-hydrogen) atoms. The predicted octanol–water partition coefficient (Wildman–Crippen LogP) is 11.1. The first-order valence-corrected chi connectivity index (χ1v) is 13.7. The van der Waals surface area contributed by atoms with E-state index in [4.69, 9.17) is 0 Å². The van der Waals surface area contributed by atoms with Crippen molar-refractivity contribution in [3.8, 4) is 44.5 Å². The van der Waals surface area contributed by atoms with Crippen molar-refractivity contribution in [2.75, 3.05) is 0 Å². The first-order chi connectivity index (χ1) is 20.4. The lowest BCUT2D eigenvalue weighted by Crippen LogP contribution is -2.03. The topological polar surface area (TPSA) is 12.9 Å². The van der Waals surface area contributed by atoms with Gasteiger partial charge in [-0.05, 0) is 86.1 Å². The van der Waals surface area contributed by atoms with E-state index in [1.54, 1.807) is 0 Å². The van der Waals surface area contributed by atoms with E-state index in [2.05, 4.69) is 77.8 Å². The van der Waals surface area contributed by atoms with Gasteiger partial charge >= 0.3 is 6.18 Å². The van der Waals surface area contributed by atoms with Crippen LogP contribution in [0.3, 0.4) is 0 Å². The summed E-state index contributed by atoms with van der Waals surface area (Å²) in [6, 6.07) is 45.0. The van der Waals surface area contributed by atoms with Gasteiger partial charge in [0.05, 0.1) is 11.1 Å². The maximum atomic E-state index is 12.9. The molecule has 1 aromatic heterocycles. The average Bonchev–Trinajstić information content (AvgIpc) is 3.04. The maximum absolute atomic E-state index is 12.9. The van der Waals surface area contributed by atoms with Crippen LogP contribution in [-0.4, -0.2) is 4.98 Å². The highest BCUT2D eigenvalue weighted by atomic mass is 19.4. The van der Waals surface area contributed by atoms with Crippen molar-refractivity contribution in [1.29, 1.82) is 0 Å². The molecule has 7 rings (SSSR count). The van der Waals surface area contributed by atoms with Crippen molar-refractivity contribution in [2.24, 2.45) is 0 Å². The van der Waals surface area contributed by atoms with Crippen molar-refractivity contribution in [3.63, 3.8) is 0 Å². The van der Waals surface area contributed by atoms with Gasteiger partial charge in [-0.15, -0.1) is 0 Å². The molecule has 0 N–H and O–H groups in total. The minimum atomic E-state index is -4.34. The van der Waals surface area contributed by atoms with Crippen LogP contribution in [0.15, 0.2) is 146 Å².